The number of likely N-dealkylation sites (tertiary alicyclic amines) is 1. The van der Waals surface area contributed by atoms with Crippen LogP contribution in [0.1, 0.15) is 16.8 Å². The Morgan fingerprint density at radius 2 is 1.80 bits per heavy atom. The number of hydrogen-bond acceptors (Lipinski definition) is 5. The molecule has 0 spiro atoms. The monoisotopic (exact) mass is 388 g/mol. The van der Waals surface area contributed by atoms with Crippen LogP contribution in [-0.2, 0) is 10.0 Å². The van der Waals surface area contributed by atoms with Gasteiger partial charge in [0.05, 0.1) is 4.90 Å². The van der Waals surface area contributed by atoms with E-state index in [1.54, 1.807) is 12.1 Å². The van der Waals surface area contributed by atoms with Crippen LogP contribution in [0.2, 0.25) is 0 Å². The number of nitrogens with zero attached hydrogens (tertiary/aromatic N) is 2. The van der Waals surface area contributed by atoms with Crippen molar-refractivity contribution in [3.63, 3.8) is 0 Å². The molecule has 1 aromatic rings. The highest BCUT2D eigenvalue weighted by Crippen LogP contribution is 2.19. The molecule has 2 heterocycles. The number of hydrogen-bond donors (Lipinski definition) is 2. The number of carbonyl (C=O) groups is 1. The molecule has 1 atom stereocenters. The van der Waals surface area contributed by atoms with Crippen molar-refractivity contribution >= 4 is 28.3 Å². The molecular weight excluding hydrogens is 364 g/mol. The fourth-order valence-electron chi connectivity index (χ4n) is 3.35. The van der Waals surface area contributed by atoms with E-state index >= 15 is 0 Å². The van der Waals surface area contributed by atoms with Crippen LogP contribution in [0, 0.1) is 0 Å². The van der Waals surface area contributed by atoms with Crippen LogP contribution in [0.5, 0.6) is 0 Å². The van der Waals surface area contributed by atoms with Crippen LogP contribution < -0.4 is 10.0 Å². The van der Waals surface area contributed by atoms with Crippen molar-refractivity contribution in [1.29, 1.82) is 0 Å². The van der Waals surface area contributed by atoms with Gasteiger partial charge in [0.1, 0.15) is 0 Å². The van der Waals surface area contributed by atoms with E-state index in [0.717, 1.165) is 45.7 Å². The fraction of sp³-hybridized carbons (Fsp3) is 0.562. The first kappa shape index (κ1) is 20.1. The second kappa shape index (κ2) is 8.46. The van der Waals surface area contributed by atoms with Gasteiger partial charge in [-0.1, -0.05) is 0 Å². The molecule has 1 amide bonds. The molecule has 2 fully saturated rings. The molecule has 25 heavy (non-hydrogen) atoms. The van der Waals surface area contributed by atoms with Crippen molar-refractivity contribution < 1.29 is 13.2 Å². The van der Waals surface area contributed by atoms with Crippen molar-refractivity contribution in [3.8, 4) is 0 Å². The van der Waals surface area contributed by atoms with Crippen molar-refractivity contribution in [3.05, 3.63) is 29.8 Å². The van der Waals surface area contributed by atoms with Crippen LogP contribution in [0.15, 0.2) is 29.2 Å². The van der Waals surface area contributed by atoms with Gasteiger partial charge >= 0.3 is 0 Å². The second-order valence-electron chi connectivity index (χ2n) is 6.21. The van der Waals surface area contributed by atoms with Gasteiger partial charge < -0.3 is 10.2 Å². The fourth-order valence-corrected chi connectivity index (χ4v) is 4.08. The van der Waals surface area contributed by atoms with Crippen molar-refractivity contribution in [2.75, 3.05) is 46.3 Å². The first-order valence-corrected chi connectivity index (χ1v) is 9.77. The summed E-state index contributed by atoms with van der Waals surface area (Å²) in [6, 6.07) is 6.56. The molecule has 0 saturated carbocycles. The lowest BCUT2D eigenvalue weighted by molar-refractivity contribution is 0.0773. The Morgan fingerprint density at radius 1 is 1.16 bits per heavy atom. The third kappa shape index (κ3) is 4.51. The molecular formula is C16H25ClN4O3S. The maximum Gasteiger partial charge on any atom is 0.253 e. The van der Waals surface area contributed by atoms with Gasteiger partial charge in [0, 0.05) is 50.9 Å². The van der Waals surface area contributed by atoms with Gasteiger partial charge in [-0.25, -0.2) is 13.1 Å². The third-order valence-electron chi connectivity index (χ3n) is 4.80. The topological polar surface area (TPSA) is 81.8 Å². The Balaban J connectivity index is 0.00000225. The molecule has 0 radical (unpaired) electrons. The summed E-state index contributed by atoms with van der Waals surface area (Å²) in [6.07, 6.45) is 0.998. The number of sulfonamides is 1. The maximum absolute atomic E-state index is 12.6. The van der Waals surface area contributed by atoms with E-state index in [1.165, 1.54) is 19.2 Å². The quantitative estimate of drug-likeness (QED) is 0.766. The van der Waals surface area contributed by atoms with Gasteiger partial charge in [0.15, 0.2) is 0 Å². The number of carbonyl (C=O) groups excluding carboxylic acids is 1. The van der Waals surface area contributed by atoms with Gasteiger partial charge in [0.2, 0.25) is 10.0 Å². The van der Waals surface area contributed by atoms with Gasteiger partial charge in [-0.3, -0.25) is 9.69 Å². The summed E-state index contributed by atoms with van der Waals surface area (Å²) in [6.45, 7) is 5.57. The minimum atomic E-state index is -3.47. The minimum Gasteiger partial charge on any atom is -0.337 e. The standard InChI is InChI=1S/C16H24N4O3S.ClH/c1-17-24(22,23)15-4-2-13(3-5-15)16(21)20-9-6-14(12-20)19-10-7-18-8-11-19;/h2-5,14,17-18H,6-12H2,1H3;1H. The summed E-state index contributed by atoms with van der Waals surface area (Å²) in [4.78, 5) is 17.1. The van der Waals surface area contributed by atoms with E-state index in [0.29, 0.717) is 11.6 Å². The molecule has 0 aromatic heterocycles. The number of piperazine rings is 1. The largest absolute Gasteiger partial charge is 0.337 e. The highest BCUT2D eigenvalue weighted by molar-refractivity contribution is 7.89. The Labute approximate surface area is 155 Å². The Hall–Kier alpha value is -1.19. The Morgan fingerprint density at radius 3 is 2.40 bits per heavy atom. The zero-order chi connectivity index (χ0) is 17.2. The normalized spacial score (nSPS) is 21.8. The summed E-state index contributed by atoms with van der Waals surface area (Å²) >= 11 is 0. The van der Waals surface area contributed by atoms with E-state index in [9.17, 15) is 13.2 Å². The van der Waals surface area contributed by atoms with Crippen LogP contribution >= 0.6 is 12.4 Å². The van der Waals surface area contributed by atoms with Crippen molar-refractivity contribution in [1.82, 2.24) is 19.8 Å². The van der Waals surface area contributed by atoms with E-state index in [-0.39, 0.29) is 23.2 Å². The summed E-state index contributed by atoms with van der Waals surface area (Å²) < 4.78 is 25.7. The molecule has 2 N–H and O–H groups in total. The highest BCUT2D eigenvalue weighted by Gasteiger charge is 2.31. The van der Waals surface area contributed by atoms with Crippen molar-refractivity contribution in [2.45, 2.75) is 17.4 Å². The van der Waals surface area contributed by atoms with Crippen LogP contribution in [0.4, 0.5) is 0 Å². The van der Waals surface area contributed by atoms with E-state index < -0.39 is 10.0 Å². The lowest BCUT2D eigenvalue weighted by Crippen LogP contribution is -2.49. The van der Waals surface area contributed by atoms with E-state index in [4.69, 9.17) is 0 Å². The molecule has 2 aliphatic heterocycles. The minimum absolute atomic E-state index is 0. The lowest BCUT2D eigenvalue weighted by Gasteiger charge is -2.32. The molecule has 9 heteroatoms. The summed E-state index contributed by atoms with van der Waals surface area (Å²) in [5.41, 5.74) is 0.533. The van der Waals surface area contributed by atoms with E-state index in [1.807, 2.05) is 4.90 Å². The first-order valence-electron chi connectivity index (χ1n) is 8.29. The zero-order valence-electron chi connectivity index (χ0n) is 14.3. The molecule has 1 aromatic carbocycles. The number of nitrogens with one attached hydrogen (secondary N) is 2. The molecule has 0 aliphatic carbocycles. The predicted molar refractivity (Wildman–Crippen MR) is 98.7 cm³/mol. The van der Waals surface area contributed by atoms with Gasteiger partial charge in [-0.15, -0.1) is 12.4 Å². The SMILES string of the molecule is CNS(=O)(=O)c1ccc(C(=O)N2CCC(N3CCNCC3)C2)cc1.Cl. The van der Waals surface area contributed by atoms with Crippen LogP contribution in [0.3, 0.4) is 0 Å². The molecule has 3 rings (SSSR count). The average molecular weight is 389 g/mol. The Bertz CT molecular complexity index is 690. The molecule has 1 unspecified atom stereocenters. The van der Waals surface area contributed by atoms with E-state index in [2.05, 4.69) is 14.9 Å². The molecule has 2 saturated heterocycles. The number of rotatable bonds is 4. The number of halogens is 1. The van der Waals surface area contributed by atoms with Crippen molar-refractivity contribution in [2.24, 2.45) is 0 Å². The average Bonchev–Trinajstić information content (AvgIpc) is 3.12. The summed E-state index contributed by atoms with van der Waals surface area (Å²) in [7, 11) is -2.10. The summed E-state index contributed by atoms with van der Waals surface area (Å²) in [5.74, 6) is -0.0268. The maximum atomic E-state index is 12.6. The predicted octanol–water partition coefficient (Wildman–Crippen LogP) is 0.136. The molecule has 7 nitrogen and oxygen atoms in total. The second-order valence-corrected chi connectivity index (χ2v) is 8.10. The Kier molecular flexibility index (Phi) is 6.81. The molecule has 2 aliphatic rings. The van der Waals surface area contributed by atoms with Crippen LogP contribution in [-0.4, -0.2) is 76.5 Å². The highest BCUT2D eigenvalue weighted by atomic mass is 35.5. The van der Waals surface area contributed by atoms with Gasteiger partial charge in [-0.05, 0) is 37.7 Å². The first-order chi connectivity index (χ1) is 11.5. The van der Waals surface area contributed by atoms with Gasteiger partial charge in [-0.2, -0.15) is 0 Å². The molecule has 0 bridgehead atoms. The summed E-state index contributed by atoms with van der Waals surface area (Å²) in [5, 5.41) is 3.34. The number of benzene rings is 1. The molecule has 140 valence electrons. The third-order valence-corrected chi connectivity index (χ3v) is 6.23. The van der Waals surface area contributed by atoms with Crippen LogP contribution in [0.25, 0.3) is 0 Å². The van der Waals surface area contributed by atoms with Gasteiger partial charge in [0.25, 0.3) is 5.91 Å². The smallest absolute Gasteiger partial charge is 0.253 e. The number of amides is 1. The lowest BCUT2D eigenvalue weighted by atomic mass is 10.2. The zero-order valence-corrected chi connectivity index (χ0v) is 15.9.